The molecule has 0 aliphatic carbocycles. The Labute approximate surface area is 279 Å². The van der Waals surface area contributed by atoms with Gasteiger partial charge < -0.3 is 29.6 Å². The number of nitrogens with one attached hydrogen (secondary N) is 3. The largest absolute Gasteiger partial charge is 0.488 e. The van der Waals surface area contributed by atoms with Crippen LogP contribution in [-0.4, -0.2) is 96.3 Å². The molecule has 3 heterocycles. The second-order valence-electron chi connectivity index (χ2n) is 12.6. The first-order valence-electron chi connectivity index (χ1n) is 16.5. The van der Waals surface area contributed by atoms with Gasteiger partial charge in [0.1, 0.15) is 41.9 Å². The first-order chi connectivity index (χ1) is 23.1. The van der Waals surface area contributed by atoms with Crippen LogP contribution in [0, 0.1) is 11.6 Å². The van der Waals surface area contributed by atoms with Crippen LogP contribution >= 0.6 is 0 Å². The Morgan fingerprint density at radius 3 is 2.40 bits per heavy atom. The number of ether oxygens (including phenoxy) is 2. The van der Waals surface area contributed by atoms with Crippen LogP contribution in [0.5, 0.6) is 5.75 Å². The number of carbonyl (C=O) groups excluding carboxylic acids is 3. The standard InChI is InChI=1S/C35H44F2N6O5/c1-22(38-3)33(44)40-32(23(2)47-4)35(46)43-20-29(48-28-13-11-26(37)12-14-28)18-27(43)19-42(17-15-24-7-9-25(36)10-8-24)34(45)30-21-41-16-5-6-31(41)39-30/h7-14,21-23,27,29,32,38H,5-6,15-20H2,1-4H3,(H,40,44)/p+1/t22-,23+,27-,29-,32-/m0/s1. The summed E-state index contributed by atoms with van der Waals surface area (Å²) in [4.78, 5) is 48.3. The maximum atomic E-state index is 14.3. The number of aromatic nitrogens is 2. The van der Waals surface area contributed by atoms with Crippen LogP contribution in [0.1, 0.15) is 48.6 Å². The number of halogens is 2. The number of carbonyl (C=O) groups is 3. The number of benzene rings is 2. The van der Waals surface area contributed by atoms with E-state index in [0.717, 1.165) is 30.8 Å². The van der Waals surface area contributed by atoms with Crippen LogP contribution in [0.2, 0.25) is 0 Å². The minimum atomic E-state index is -1.00. The van der Waals surface area contributed by atoms with Gasteiger partial charge >= 0.3 is 5.91 Å². The molecule has 3 amide bonds. The normalized spacial score (nSPS) is 19.8. The van der Waals surface area contributed by atoms with Gasteiger partial charge in [-0.3, -0.25) is 14.5 Å². The number of amides is 3. The average molecular weight is 668 g/mol. The van der Waals surface area contributed by atoms with Crippen molar-refractivity contribution in [2.45, 2.75) is 76.4 Å². The van der Waals surface area contributed by atoms with Crippen LogP contribution in [0.4, 0.5) is 8.78 Å². The fourth-order valence-electron chi connectivity index (χ4n) is 6.32. The molecule has 3 aromatic rings. The molecule has 0 spiro atoms. The number of fused-ring (bicyclic) bond motifs is 1. The van der Waals surface area contributed by atoms with Crippen molar-refractivity contribution >= 4 is 17.7 Å². The summed E-state index contributed by atoms with van der Waals surface area (Å²) in [5.74, 6) is -0.300. The lowest BCUT2D eigenvalue weighted by Gasteiger charge is -2.32. The number of likely N-dealkylation sites (N-methyl/N-ethyl adjacent to an activating group) is 1. The molecule has 2 aliphatic heterocycles. The average Bonchev–Trinajstić information content (AvgIpc) is 3.81. The van der Waals surface area contributed by atoms with E-state index in [4.69, 9.17) is 9.47 Å². The van der Waals surface area contributed by atoms with E-state index in [1.54, 1.807) is 44.1 Å². The molecule has 258 valence electrons. The monoisotopic (exact) mass is 667 g/mol. The van der Waals surface area contributed by atoms with E-state index in [1.807, 2.05) is 4.57 Å². The molecule has 2 aromatic carbocycles. The minimum Gasteiger partial charge on any atom is -0.488 e. The highest BCUT2D eigenvalue weighted by Crippen LogP contribution is 2.25. The fraction of sp³-hybridized carbons (Fsp3) is 0.486. The Morgan fingerprint density at radius 1 is 1.06 bits per heavy atom. The third-order valence-electron chi connectivity index (χ3n) is 9.33. The Kier molecular flexibility index (Phi) is 11.6. The van der Waals surface area contributed by atoms with E-state index in [0.29, 0.717) is 35.7 Å². The summed E-state index contributed by atoms with van der Waals surface area (Å²) < 4.78 is 41.0. The summed E-state index contributed by atoms with van der Waals surface area (Å²) in [6.45, 7) is 5.02. The summed E-state index contributed by atoms with van der Waals surface area (Å²) >= 11 is 0. The van der Waals surface area contributed by atoms with Crippen molar-refractivity contribution in [1.29, 1.82) is 0 Å². The van der Waals surface area contributed by atoms with Gasteiger partial charge in [0.15, 0.2) is 5.69 Å². The molecule has 1 saturated heterocycles. The second kappa shape index (κ2) is 15.8. The second-order valence-corrected chi connectivity index (χ2v) is 12.6. The van der Waals surface area contributed by atoms with Gasteiger partial charge in [-0.25, -0.2) is 18.6 Å². The molecule has 1 aromatic heterocycles. The van der Waals surface area contributed by atoms with Crippen LogP contribution in [0.15, 0.2) is 54.7 Å². The first kappa shape index (κ1) is 35.1. The van der Waals surface area contributed by atoms with Gasteiger partial charge in [-0.1, -0.05) is 12.1 Å². The van der Waals surface area contributed by atoms with E-state index in [9.17, 15) is 23.2 Å². The molecule has 3 N–H and O–H groups in total. The number of hydrogen-bond acceptors (Lipinski definition) is 7. The van der Waals surface area contributed by atoms with Crippen LogP contribution < -0.4 is 20.3 Å². The number of imidazole rings is 1. The predicted molar refractivity (Wildman–Crippen MR) is 174 cm³/mol. The highest BCUT2D eigenvalue weighted by Gasteiger charge is 2.44. The zero-order valence-corrected chi connectivity index (χ0v) is 27.9. The molecule has 48 heavy (non-hydrogen) atoms. The van der Waals surface area contributed by atoms with Gasteiger partial charge in [0.2, 0.25) is 11.8 Å². The Hall–Kier alpha value is -4.20. The molecule has 1 unspecified atom stereocenters. The maximum absolute atomic E-state index is 14.3. The molecule has 2 aliphatic rings. The first-order valence-corrected chi connectivity index (χ1v) is 16.5. The van der Waals surface area contributed by atoms with Gasteiger partial charge in [-0.2, -0.15) is 0 Å². The van der Waals surface area contributed by atoms with Crippen molar-refractivity contribution < 1.29 is 37.5 Å². The highest BCUT2D eigenvalue weighted by atomic mass is 19.1. The molecule has 0 saturated carbocycles. The number of nitrogens with zero attached hydrogens (tertiary/aromatic N) is 3. The molecule has 1 fully saturated rings. The number of quaternary nitrogens is 1. The molecular weight excluding hydrogens is 622 g/mol. The third kappa shape index (κ3) is 8.44. The van der Waals surface area contributed by atoms with Crippen LogP contribution in [-0.2, 0) is 33.7 Å². The van der Waals surface area contributed by atoms with Crippen molar-refractivity contribution in [1.82, 2.24) is 25.1 Å². The van der Waals surface area contributed by atoms with E-state index >= 15 is 0 Å². The number of aryl methyl sites for hydroxylation is 2. The van der Waals surface area contributed by atoms with E-state index in [1.165, 1.54) is 43.5 Å². The van der Waals surface area contributed by atoms with Gasteiger partial charge in [0.25, 0.3) is 0 Å². The number of rotatable bonds is 14. The summed E-state index contributed by atoms with van der Waals surface area (Å²) in [5.41, 5.74) is 1.24. The van der Waals surface area contributed by atoms with Crippen molar-refractivity contribution in [3.63, 3.8) is 0 Å². The third-order valence-corrected chi connectivity index (χ3v) is 9.33. The lowest BCUT2D eigenvalue weighted by atomic mass is 10.1. The van der Waals surface area contributed by atoms with Crippen molar-refractivity contribution in [2.24, 2.45) is 0 Å². The Bertz CT molecular complexity index is 1540. The lowest BCUT2D eigenvalue weighted by Crippen LogP contribution is -3.16. The SMILES string of the molecule is CN[C@@H](C)C(=O)N[C@H](C(=O)N1C[C@@H](Oc2ccc(F)cc2)C[C@H]1C[NH+](CCc1ccc(F)cc1)C(=O)c1cn2c(n1)CCC2)[C@@H](C)OC. The van der Waals surface area contributed by atoms with E-state index in [-0.39, 0.29) is 36.6 Å². The summed E-state index contributed by atoms with van der Waals surface area (Å²) in [5, 5.41) is 5.73. The van der Waals surface area contributed by atoms with Crippen molar-refractivity contribution in [2.75, 3.05) is 33.8 Å². The van der Waals surface area contributed by atoms with Crippen molar-refractivity contribution in [3.8, 4) is 5.75 Å². The summed E-state index contributed by atoms with van der Waals surface area (Å²) in [6.07, 6.45) is 3.37. The lowest BCUT2D eigenvalue weighted by molar-refractivity contribution is -0.816. The molecule has 6 atom stereocenters. The van der Waals surface area contributed by atoms with Gasteiger partial charge in [-0.05, 0) is 69.3 Å². The van der Waals surface area contributed by atoms with Gasteiger partial charge in [0, 0.05) is 39.1 Å². The zero-order valence-electron chi connectivity index (χ0n) is 27.9. The van der Waals surface area contributed by atoms with Crippen molar-refractivity contribution in [3.05, 3.63) is 83.4 Å². The number of likely N-dealkylation sites (tertiary alicyclic amines) is 1. The topological polar surface area (TPSA) is 119 Å². The van der Waals surface area contributed by atoms with Gasteiger partial charge in [0.05, 0.1) is 31.3 Å². The van der Waals surface area contributed by atoms with Crippen LogP contribution in [0.25, 0.3) is 0 Å². The molecule has 0 radical (unpaired) electrons. The Balaban J connectivity index is 1.43. The maximum Gasteiger partial charge on any atom is 0.364 e. The molecule has 11 nitrogen and oxygen atoms in total. The smallest absolute Gasteiger partial charge is 0.364 e. The summed E-state index contributed by atoms with van der Waals surface area (Å²) in [6, 6.07) is 9.86. The number of methoxy groups -OCH3 is 1. The van der Waals surface area contributed by atoms with Crippen LogP contribution in [0.3, 0.4) is 0 Å². The minimum absolute atomic E-state index is 0.184. The highest BCUT2D eigenvalue weighted by molar-refractivity contribution is 5.90. The quantitative estimate of drug-likeness (QED) is 0.239. The summed E-state index contributed by atoms with van der Waals surface area (Å²) in [7, 11) is 3.13. The van der Waals surface area contributed by atoms with Gasteiger partial charge in [-0.15, -0.1) is 0 Å². The molecule has 13 heteroatoms. The van der Waals surface area contributed by atoms with E-state index < -0.39 is 36.2 Å². The zero-order chi connectivity index (χ0) is 34.4. The molecule has 0 bridgehead atoms. The molecular formula is C35H45F2N6O5+. The fourth-order valence-corrected chi connectivity index (χ4v) is 6.32. The number of hydrogen-bond donors (Lipinski definition) is 3. The Morgan fingerprint density at radius 2 is 1.75 bits per heavy atom. The van der Waals surface area contributed by atoms with E-state index in [2.05, 4.69) is 15.6 Å². The predicted octanol–water partition coefficient (Wildman–Crippen LogP) is 1.55. The molecule has 5 rings (SSSR count).